The Morgan fingerprint density at radius 2 is 2.19 bits per heavy atom. The summed E-state index contributed by atoms with van der Waals surface area (Å²) in [4.78, 5) is 11.7. The first-order valence-electron chi connectivity index (χ1n) is 6.12. The summed E-state index contributed by atoms with van der Waals surface area (Å²) in [5, 5.41) is 3.11. The van der Waals surface area contributed by atoms with E-state index >= 15 is 0 Å². The summed E-state index contributed by atoms with van der Waals surface area (Å²) in [5.74, 6) is 1.91. The maximum Gasteiger partial charge on any atom is 0.220 e. The lowest BCUT2D eigenvalue weighted by Crippen LogP contribution is -2.53. The van der Waals surface area contributed by atoms with Crippen LogP contribution in [0.3, 0.4) is 0 Å². The van der Waals surface area contributed by atoms with Gasteiger partial charge in [-0.2, -0.15) is 11.8 Å². The zero-order chi connectivity index (χ0) is 12.0. The van der Waals surface area contributed by atoms with E-state index in [9.17, 15) is 4.79 Å². The monoisotopic (exact) mass is 244 g/mol. The third kappa shape index (κ3) is 4.34. The second-order valence-corrected chi connectivity index (χ2v) is 5.88. The standard InChI is InChI=1S/C12H24N2OS/c1-12(9-13,10-6-7-10)14-11(15)5-3-4-8-16-2/h10H,3-9,13H2,1-2H3,(H,14,15). The van der Waals surface area contributed by atoms with E-state index in [0.717, 1.165) is 18.6 Å². The Morgan fingerprint density at radius 1 is 1.50 bits per heavy atom. The Hall–Kier alpha value is -0.220. The molecule has 1 amide bonds. The minimum atomic E-state index is -0.156. The summed E-state index contributed by atoms with van der Waals surface area (Å²) in [7, 11) is 0. The van der Waals surface area contributed by atoms with Crippen LogP contribution in [0.15, 0.2) is 0 Å². The average Bonchev–Trinajstić information content (AvgIpc) is 3.08. The van der Waals surface area contributed by atoms with Crippen molar-refractivity contribution in [2.45, 2.75) is 44.6 Å². The fourth-order valence-corrected chi connectivity index (χ4v) is 2.45. The van der Waals surface area contributed by atoms with Gasteiger partial charge >= 0.3 is 0 Å². The fourth-order valence-electron chi connectivity index (χ4n) is 1.95. The van der Waals surface area contributed by atoms with E-state index in [1.165, 1.54) is 12.8 Å². The largest absolute Gasteiger partial charge is 0.349 e. The van der Waals surface area contributed by atoms with Gasteiger partial charge in [-0.15, -0.1) is 0 Å². The molecule has 1 aliphatic rings. The van der Waals surface area contributed by atoms with Crippen LogP contribution < -0.4 is 11.1 Å². The van der Waals surface area contributed by atoms with Crippen molar-refractivity contribution >= 4 is 17.7 Å². The number of nitrogens with one attached hydrogen (secondary N) is 1. The van der Waals surface area contributed by atoms with Gasteiger partial charge in [-0.25, -0.2) is 0 Å². The molecular formula is C12H24N2OS. The van der Waals surface area contributed by atoms with Crippen molar-refractivity contribution in [1.82, 2.24) is 5.32 Å². The van der Waals surface area contributed by atoms with Gasteiger partial charge in [-0.05, 0) is 50.5 Å². The lowest BCUT2D eigenvalue weighted by molar-refractivity contribution is -0.123. The van der Waals surface area contributed by atoms with Crippen LogP contribution in [0.1, 0.15) is 39.0 Å². The van der Waals surface area contributed by atoms with E-state index in [4.69, 9.17) is 5.73 Å². The molecule has 0 aromatic carbocycles. The van der Waals surface area contributed by atoms with Crippen molar-refractivity contribution in [3.63, 3.8) is 0 Å². The summed E-state index contributed by atoms with van der Waals surface area (Å²) >= 11 is 1.83. The Kier molecular flexibility index (Phi) is 5.62. The van der Waals surface area contributed by atoms with Gasteiger partial charge in [0.25, 0.3) is 0 Å². The minimum Gasteiger partial charge on any atom is -0.349 e. The van der Waals surface area contributed by atoms with Gasteiger partial charge in [0.05, 0.1) is 5.54 Å². The molecule has 0 aliphatic heterocycles. The summed E-state index contributed by atoms with van der Waals surface area (Å²) in [6, 6.07) is 0. The molecule has 0 aromatic heterocycles. The molecule has 1 rings (SSSR count). The Morgan fingerprint density at radius 3 is 2.69 bits per heavy atom. The van der Waals surface area contributed by atoms with Gasteiger partial charge in [-0.1, -0.05) is 0 Å². The van der Waals surface area contributed by atoms with Crippen LogP contribution in [-0.4, -0.2) is 30.0 Å². The first-order chi connectivity index (χ1) is 7.62. The highest BCUT2D eigenvalue weighted by molar-refractivity contribution is 7.98. The Balaban J connectivity index is 2.21. The van der Waals surface area contributed by atoms with Crippen molar-refractivity contribution in [3.05, 3.63) is 0 Å². The van der Waals surface area contributed by atoms with Gasteiger partial charge < -0.3 is 11.1 Å². The Labute approximate surface area is 103 Å². The average molecular weight is 244 g/mol. The van der Waals surface area contributed by atoms with Gasteiger partial charge in [0.15, 0.2) is 0 Å². The minimum absolute atomic E-state index is 0.156. The SMILES string of the molecule is CSCCCCC(=O)NC(C)(CN)C1CC1. The highest BCUT2D eigenvalue weighted by atomic mass is 32.2. The predicted octanol–water partition coefficient (Wildman–Crippen LogP) is 1.76. The molecule has 0 heterocycles. The highest BCUT2D eigenvalue weighted by Crippen LogP contribution is 2.38. The third-order valence-electron chi connectivity index (χ3n) is 3.33. The molecule has 0 bridgehead atoms. The topological polar surface area (TPSA) is 55.1 Å². The zero-order valence-corrected chi connectivity index (χ0v) is 11.2. The van der Waals surface area contributed by atoms with Gasteiger partial charge in [0.1, 0.15) is 0 Å². The first-order valence-corrected chi connectivity index (χ1v) is 7.52. The van der Waals surface area contributed by atoms with E-state index in [0.29, 0.717) is 18.9 Å². The van der Waals surface area contributed by atoms with Crippen LogP contribution in [0, 0.1) is 5.92 Å². The molecule has 16 heavy (non-hydrogen) atoms. The molecule has 0 spiro atoms. The molecule has 1 aliphatic carbocycles. The number of thioether (sulfide) groups is 1. The van der Waals surface area contributed by atoms with Crippen molar-refractivity contribution < 1.29 is 4.79 Å². The number of nitrogens with two attached hydrogens (primary N) is 1. The van der Waals surface area contributed by atoms with E-state index in [2.05, 4.69) is 18.5 Å². The molecule has 1 atom stereocenters. The van der Waals surface area contributed by atoms with Crippen LogP contribution in [0.5, 0.6) is 0 Å². The van der Waals surface area contributed by atoms with Crippen LogP contribution in [0.25, 0.3) is 0 Å². The quantitative estimate of drug-likeness (QED) is 0.640. The van der Waals surface area contributed by atoms with E-state index < -0.39 is 0 Å². The maximum atomic E-state index is 11.7. The zero-order valence-electron chi connectivity index (χ0n) is 10.4. The number of amides is 1. The maximum absolute atomic E-state index is 11.7. The molecule has 1 saturated carbocycles. The number of carbonyl (C=O) groups is 1. The molecule has 3 nitrogen and oxygen atoms in total. The summed E-state index contributed by atoms with van der Waals surface area (Å²) in [6.45, 7) is 2.62. The summed E-state index contributed by atoms with van der Waals surface area (Å²) in [5.41, 5.74) is 5.60. The Bertz CT molecular complexity index is 231. The van der Waals surface area contributed by atoms with E-state index in [1.807, 2.05) is 11.8 Å². The lowest BCUT2D eigenvalue weighted by Gasteiger charge is -2.29. The number of unbranched alkanes of at least 4 members (excludes halogenated alkanes) is 1. The van der Waals surface area contributed by atoms with Crippen molar-refractivity contribution in [2.24, 2.45) is 11.7 Å². The molecule has 1 unspecified atom stereocenters. The van der Waals surface area contributed by atoms with Crippen LogP contribution in [0.4, 0.5) is 0 Å². The molecule has 0 radical (unpaired) electrons. The first kappa shape index (κ1) is 13.8. The number of carbonyl (C=O) groups excluding carboxylic acids is 1. The number of hydrogen-bond acceptors (Lipinski definition) is 3. The predicted molar refractivity (Wildman–Crippen MR) is 70.6 cm³/mol. The van der Waals surface area contributed by atoms with Gasteiger partial charge in [0, 0.05) is 13.0 Å². The van der Waals surface area contributed by atoms with Gasteiger partial charge in [-0.3, -0.25) is 4.79 Å². The second kappa shape index (κ2) is 6.50. The molecule has 3 N–H and O–H groups in total. The summed E-state index contributed by atoms with van der Waals surface area (Å²) in [6.07, 6.45) is 7.26. The third-order valence-corrected chi connectivity index (χ3v) is 4.03. The van der Waals surface area contributed by atoms with Gasteiger partial charge in [0.2, 0.25) is 5.91 Å². The van der Waals surface area contributed by atoms with E-state index in [1.54, 1.807) is 0 Å². The highest BCUT2D eigenvalue weighted by Gasteiger charge is 2.41. The van der Waals surface area contributed by atoms with Crippen LogP contribution in [0.2, 0.25) is 0 Å². The lowest BCUT2D eigenvalue weighted by atomic mass is 9.95. The van der Waals surface area contributed by atoms with Crippen LogP contribution >= 0.6 is 11.8 Å². The number of hydrogen-bond donors (Lipinski definition) is 2. The molecule has 0 saturated heterocycles. The second-order valence-electron chi connectivity index (χ2n) is 4.89. The van der Waals surface area contributed by atoms with Crippen molar-refractivity contribution in [2.75, 3.05) is 18.6 Å². The molecule has 1 fully saturated rings. The van der Waals surface area contributed by atoms with Crippen LogP contribution in [-0.2, 0) is 4.79 Å². The smallest absolute Gasteiger partial charge is 0.220 e. The normalized spacial score (nSPS) is 19.2. The summed E-state index contributed by atoms with van der Waals surface area (Å²) < 4.78 is 0. The number of rotatable bonds is 8. The molecular weight excluding hydrogens is 220 g/mol. The molecule has 94 valence electrons. The molecule has 0 aromatic rings. The molecule has 4 heteroatoms. The van der Waals surface area contributed by atoms with Crippen molar-refractivity contribution in [3.8, 4) is 0 Å². The fraction of sp³-hybridized carbons (Fsp3) is 0.917. The van der Waals surface area contributed by atoms with E-state index in [-0.39, 0.29) is 11.4 Å². The van der Waals surface area contributed by atoms with Crippen molar-refractivity contribution in [1.29, 1.82) is 0 Å².